The molecule has 0 radical (unpaired) electrons. The third kappa shape index (κ3) is 3.92. The molecule has 0 atom stereocenters. The first-order valence-corrected chi connectivity index (χ1v) is 6.89. The SMILES string of the molecule is CCCNc1cncc(Nc2cc(F)ccc2Br)c1. The van der Waals surface area contributed by atoms with Gasteiger partial charge in [0.2, 0.25) is 0 Å². The maximum absolute atomic E-state index is 13.2. The number of benzene rings is 1. The smallest absolute Gasteiger partial charge is 0.125 e. The summed E-state index contributed by atoms with van der Waals surface area (Å²) in [6.45, 7) is 3.00. The van der Waals surface area contributed by atoms with Gasteiger partial charge in [-0.3, -0.25) is 4.98 Å². The van der Waals surface area contributed by atoms with Crippen LogP contribution in [0, 0.1) is 5.82 Å². The third-order valence-corrected chi connectivity index (χ3v) is 3.22. The molecule has 0 aliphatic rings. The summed E-state index contributed by atoms with van der Waals surface area (Å²) in [6, 6.07) is 6.47. The Morgan fingerprint density at radius 3 is 2.79 bits per heavy atom. The van der Waals surface area contributed by atoms with Crippen LogP contribution in [0.1, 0.15) is 13.3 Å². The molecule has 0 fully saturated rings. The van der Waals surface area contributed by atoms with Crippen molar-refractivity contribution in [2.45, 2.75) is 13.3 Å². The van der Waals surface area contributed by atoms with E-state index in [-0.39, 0.29) is 5.82 Å². The molecule has 0 spiro atoms. The normalized spacial score (nSPS) is 10.3. The Morgan fingerprint density at radius 1 is 1.21 bits per heavy atom. The van der Waals surface area contributed by atoms with Gasteiger partial charge in [0.15, 0.2) is 0 Å². The van der Waals surface area contributed by atoms with Gasteiger partial charge >= 0.3 is 0 Å². The number of hydrogen-bond donors (Lipinski definition) is 2. The first kappa shape index (κ1) is 13.8. The highest BCUT2D eigenvalue weighted by atomic mass is 79.9. The minimum atomic E-state index is -0.279. The minimum absolute atomic E-state index is 0.279. The Labute approximate surface area is 120 Å². The quantitative estimate of drug-likeness (QED) is 0.847. The minimum Gasteiger partial charge on any atom is -0.384 e. The van der Waals surface area contributed by atoms with E-state index in [1.807, 2.05) is 6.07 Å². The number of aromatic nitrogens is 1. The second-order valence-electron chi connectivity index (χ2n) is 4.14. The molecule has 2 N–H and O–H groups in total. The molecule has 2 aromatic rings. The molecule has 0 aliphatic heterocycles. The van der Waals surface area contributed by atoms with E-state index >= 15 is 0 Å². The number of anilines is 3. The second kappa shape index (κ2) is 6.52. The molecule has 1 aromatic carbocycles. The largest absolute Gasteiger partial charge is 0.384 e. The number of halogens is 2. The average molecular weight is 324 g/mol. The summed E-state index contributed by atoms with van der Waals surface area (Å²) in [7, 11) is 0. The second-order valence-corrected chi connectivity index (χ2v) is 4.99. The van der Waals surface area contributed by atoms with Crippen molar-refractivity contribution < 1.29 is 4.39 Å². The third-order valence-electron chi connectivity index (χ3n) is 2.52. The lowest BCUT2D eigenvalue weighted by atomic mass is 10.3. The van der Waals surface area contributed by atoms with Crippen LogP contribution in [0.2, 0.25) is 0 Å². The van der Waals surface area contributed by atoms with Gasteiger partial charge in [0.05, 0.1) is 29.5 Å². The lowest BCUT2D eigenvalue weighted by molar-refractivity contribution is 0.628. The Bertz CT molecular complexity index is 560. The summed E-state index contributed by atoms with van der Waals surface area (Å²) < 4.78 is 14.0. The number of rotatable bonds is 5. The Morgan fingerprint density at radius 2 is 2.00 bits per heavy atom. The van der Waals surface area contributed by atoms with Crippen LogP contribution in [0.25, 0.3) is 0 Å². The number of nitrogens with one attached hydrogen (secondary N) is 2. The van der Waals surface area contributed by atoms with Gasteiger partial charge in [0.1, 0.15) is 5.82 Å². The topological polar surface area (TPSA) is 37.0 Å². The first-order valence-electron chi connectivity index (χ1n) is 6.10. The summed E-state index contributed by atoms with van der Waals surface area (Å²) in [5, 5.41) is 6.40. The highest BCUT2D eigenvalue weighted by Gasteiger charge is 2.03. The van der Waals surface area contributed by atoms with Crippen molar-refractivity contribution in [1.82, 2.24) is 4.98 Å². The van der Waals surface area contributed by atoms with Crippen LogP contribution < -0.4 is 10.6 Å². The van der Waals surface area contributed by atoms with Crippen LogP contribution in [-0.2, 0) is 0 Å². The van der Waals surface area contributed by atoms with Gasteiger partial charge in [0, 0.05) is 11.0 Å². The maximum Gasteiger partial charge on any atom is 0.125 e. The molecule has 3 nitrogen and oxygen atoms in total. The van der Waals surface area contributed by atoms with E-state index in [9.17, 15) is 4.39 Å². The van der Waals surface area contributed by atoms with Crippen molar-refractivity contribution in [2.24, 2.45) is 0 Å². The standard InChI is InChI=1S/C14H15BrFN3/c1-2-5-18-11-7-12(9-17-8-11)19-14-6-10(16)3-4-13(14)15/h3-4,6-9,18-19H,2,5H2,1H3. The summed E-state index contributed by atoms with van der Waals surface area (Å²) in [6.07, 6.45) is 4.52. The predicted molar refractivity (Wildman–Crippen MR) is 80.4 cm³/mol. The Balaban J connectivity index is 2.16. The zero-order valence-electron chi connectivity index (χ0n) is 10.6. The van der Waals surface area contributed by atoms with E-state index in [0.29, 0.717) is 5.69 Å². The van der Waals surface area contributed by atoms with Crippen molar-refractivity contribution in [3.05, 3.63) is 46.9 Å². The van der Waals surface area contributed by atoms with Crippen LogP contribution in [0.5, 0.6) is 0 Å². The molecule has 100 valence electrons. The van der Waals surface area contributed by atoms with E-state index < -0.39 is 0 Å². The van der Waals surface area contributed by atoms with Gasteiger partial charge in [-0.25, -0.2) is 4.39 Å². The molecule has 0 amide bonds. The molecule has 1 heterocycles. The van der Waals surface area contributed by atoms with E-state index in [0.717, 1.165) is 28.8 Å². The fourth-order valence-corrected chi connectivity index (χ4v) is 1.97. The number of nitrogens with zero attached hydrogens (tertiary/aromatic N) is 1. The highest BCUT2D eigenvalue weighted by molar-refractivity contribution is 9.10. The summed E-state index contributed by atoms with van der Waals surface area (Å²) in [4.78, 5) is 4.15. The molecule has 0 aliphatic carbocycles. The average Bonchev–Trinajstić information content (AvgIpc) is 2.41. The monoisotopic (exact) mass is 323 g/mol. The van der Waals surface area contributed by atoms with Gasteiger partial charge in [0.25, 0.3) is 0 Å². The fourth-order valence-electron chi connectivity index (χ4n) is 1.62. The predicted octanol–water partition coefficient (Wildman–Crippen LogP) is 4.55. The molecule has 0 saturated heterocycles. The molecule has 0 bridgehead atoms. The van der Waals surface area contributed by atoms with Gasteiger partial charge in [-0.05, 0) is 46.6 Å². The molecule has 2 rings (SSSR count). The summed E-state index contributed by atoms with van der Waals surface area (Å²) in [5.41, 5.74) is 2.43. The number of pyridine rings is 1. The van der Waals surface area contributed by atoms with E-state index in [1.54, 1.807) is 18.5 Å². The van der Waals surface area contributed by atoms with E-state index in [4.69, 9.17) is 0 Å². The van der Waals surface area contributed by atoms with Gasteiger partial charge < -0.3 is 10.6 Å². The zero-order valence-corrected chi connectivity index (χ0v) is 12.2. The maximum atomic E-state index is 13.2. The lowest BCUT2D eigenvalue weighted by Crippen LogP contribution is -2.01. The zero-order chi connectivity index (χ0) is 13.7. The number of hydrogen-bond acceptors (Lipinski definition) is 3. The highest BCUT2D eigenvalue weighted by Crippen LogP contribution is 2.27. The fraction of sp³-hybridized carbons (Fsp3) is 0.214. The van der Waals surface area contributed by atoms with Crippen LogP contribution in [0.15, 0.2) is 41.1 Å². The van der Waals surface area contributed by atoms with Crippen molar-refractivity contribution in [2.75, 3.05) is 17.2 Å². The molecular weight excluding hydrogens is 309 g/mol. The van der Waals surface area contributed by atoms with Crippen LogP contribution in [-0.4, -0.2) is 11.5 Å². The first-order chi connectivity index (χ1) is 9.19. The van der Waals surface area contributed by atoms with E-state index in [2.05, 4.69) is 38.5 Å². The van der Waals surface area contributed by atoms with Gasteiger partial charge in [-0.1, -0.05) is 6.92 Å². The van der Waals surface area contributed by atoms with Crippen molar-refractivity contribution in [3.63, 3.8) is 0 Å². The van der Waals surface area contributed by atoms with Crippen molar-refractivity contribution in [3.8, 4) is 0 Å². The molecular formula is C14H15BrFN3. The molecule has 5 heteroatoms. The molecule has 19 heavy (non-hydrogen) atoms. The van der Waals surface area contributed by atoms with Gasteiger partial charge in [-0.15, -0.1) is 0 Å². The van der Waals surface area contributed by atoms with Gasteiger partial charge in [-0.2, -0.15) is 0 Å². The molecule has 0 unspecified atom stereocenters. The Hall–Kier alpha value is -1.62. The van der Waals surface area contributed by atoms with E-state index in [1.165, 1.54) is 12.1 Å². The molecule has 1 aromatic heterocycles. The summed E-state index contributed by atoms with van der Waals surface area (Å²) in [5.74, 6) is -0.279. The van der Waals surface area contributed by atoms with Crippen LogP contribution in [0.4, 0.5) is 21.5 Å². The van der Waals surface area contributed by atoms with Crippen molar-refractivity contribution >= 4 is 33.0 Å². The van der Waals surface area contributed by atoms with Crippen molar-refractivity contribution in [1.29, 1.82) is 0 Å². The molecule has 0 saturated carbocycles. The lowest BCUT2D eigenvalue weighted by Gasteiger charge is -2.10. The Kier molecular flexibility index (Phi) is 4.74. The van der Waals surface area contributed by atoms with Crippen LogP contribution in [0.3, 0.4) is 0 Å². The summed E-state index contributed by atoms with van der Waals surface area (Å²) >= 11 is 3.38. The van der Waals surface area contributed by atoms with Crippen LogP contribution >= 0.6 is 15.9 Å².